The van der Waals surface area contributed by atoms with Crippen LogP contribution < -0.4 is 5.32 Å². The Kier molecular flexibility index (Phi) is 4.55. The lowest BCUT2D eigenvalue weighted by atomic mass is 10.1. The number of alkyl halides is 3. The molecule has 2 aromatic carbocycles. The topological polar surface area (TPSA) is 90.5 Å². The van der Waals surface area contributed by atoms with E-state index < -0.39 is 17.6 Å². The Labute approximate surface area is 161 Å². The molecule has 0 radical (unpaired) electrons. The van der Waals surface area contributed by atoms with Gasteiger partial charge in [0.25, 0.3) is 5.91 Å². The second kappa shape index (κ2) is 7.19. The van der Waals surface area contributed by atoms with Gasteiger partial charge in [-0.05, 0) is 52.9 Å². The van der Waals surface area contributed by atoms with Crippen molar-refractivity contribution in [3.63, 3.8) is 0 Å². The molecule has 4 rings (SSSR count). The molecule has 11 heteroatoms. The monoisotopic (exact) mass is 399 g/mol. The number of nitrogens with zero attached hydrogens (tertiary/aromatic N) is 6. The Morgan fingerprint density at radius 3 is 2.59 bits per heavy atom. The molecule has 0 spiro atoms. The Bertz CT molecular complexity index is 1140. The highest BCUT2D eigenvalue weighted by Gasteiger charge is 2.31. The van der Waals surface area contributed by atoms with Gasteiger partial charge >= 0.3 is 6.18 Å². The van der Waals surface area contributed by atoms with Gasteiger partial charge in [0.2, 0.25) is 0 Å². The van der Waals surface area contributed by atoms with Crippen LogP contribution in [0.1, 0.15) is 15.9 Å². The molecule has 0 aliphatic rings. The average molecular weight is 399 g/mol. The van der Waals surface area contributed by atoms with E-state index in [4.69, 9.17) is 0 Å². The molecule has 0 aliphatic heterocycles. The van der Waals surface area contributed by atoms with E-state index in [1.807, 2.05) is 0 Å². The van der Waals surface area contributed by atoms with Gasteiger partial charge in [-0.3, -0.25) is 4.79 Å². The number of aromatic nitrogens is 6. The standard InChI is InChI=1S/C18H12F3N7O/c19-18(20,21)13-5-6-16(27-8-2-7-23-27)15(10-13)24-17(29)12-3-1-4-14(9-12)28-11-22-25-26-28/h1-11H,(H,24,29). The Morgan fingerprint density at radius 2 is 1.90 bits per heavy atom. The third-order valence-electron chi connectivity index (χ3n) is 4.05. The van der Waals surface area contributed by atoms with Crippen LogP contribution in [0.15, 0.2) is 67.3 Å². The summed E-state index contributed by atoms with van der Waals surface area (Å²) in [6.07, 6.45) is -0.142. The van der Waals surface area contributed by atoms with Crippen LogP contribution in [-0.4, -0.2) is 35.9 Å². The van der Waals surface area contributed by atoms with Crippen LogP contribution in [0.25, 0.3) is 11.4 Å². The summed E-state index contributed by atoms with van der Waals surface area (Å²) in [4.78, 5) is 12.7. The zero-order valence-corrected chi connectivity index (χ0v) is 14.6. The predicted octanol–water partition coefficient (Wildman–Crippen LogP) is 3.12. The summed E-state index contributed by atoms with van der Waals surface area (Å²) in [6, 6.07) is 11.0. The van der Waals surface area contributed by atoms with Crippen molar-refractivity contribution in [3.8, 4) is 11.4 Å². The number of hydrogen-bond donors (Lipinski definition) is 1. The van der Waals surface area contributed by atoms with Crippen LogP contribution in [0.3, 0.4) is 0 Å². The first kappa shape index (κ1) is 18.3. The van der Waals surface area contributed by atoms with Crippen molar-refractivity contribution in [3.05, 3.63) is 78.4 Å². The lowest BCUT2D eigenvalue weighted by molar-refractivity contribution is -0.137. The van der Waals surface area contributed by atoms with E-state index >= 15 is 0 Å². The van der Waals surface area contributed by atoms with Crippen molar-refractivity contribution in [2.45, 2.75) is 6.18 Å². The molecule has 8 nitrogen and oxygen atoms in total. The van der Waals surface area contributed by atoms with E-state index in [-0.39, 0.29) is 11.3 Å². The zero-order valence-electron chi connectivity index (χ0n) is 14.6. The fourth-order valence-corrected chi connectivity index (χ4v) is 2.69. The maximum atomic E-state index is 13.2. The van der Waals surface area contributed by atoms with Crippen LogP contribution in [0.2, 0.25) is 0 Å². The minimum Gasteiger partial charge on any atom is -0.320 e. The van der Waals surface area contributed by atoms with Crippen LogP contribution in [0.4, 0.5) is 18.9 Å². The van der Waals surface area contributed by atoms with Crippen molar-refractivity contribution >= 4 is 11.6 Å². The van der Waals surface area contributed by atoms with Crippen molar-refractivity contribution in [2.24, 2.45) is 0 Å². The molecule has 146 valence electrons. The minimum atomic E-state index is -4.55. The lowest BCUT2D eigenvalue weighted by Crippen LogP contribution is -2.16. The first-order chi connectivity index (χ1) is 13.9. The fourth-order valence-electron chi connectivity index (χ4n) is 2.69. The summed E-state index contributed by atoms with van der Waals surface area (Å²) in [5.41, 5.74) is 0.140. The van der Waals surface area contributed by atoms with Gasteiger partial charge in [0, 0.05) is 18.0 Å². The second-order valence-corrected chi connectivity index (χ2v) is 5.94. The maximum absolute atomic E-state index is 13.2. The molecule has 2 aromatic heterocycles. The Balaban J connectivity index is 1.69. The van der Waals surface area contributed by atoms with Crippen LogP contribution in [0.5, 0.6) is 0 Å². The summed E-state index contributed by atoms with van der Waals surface area (Å²) in [6.45, 7) is 0. The number of benzene rings is 2. The fraction of sp³-hybridized carbons (Fsp3) is 0.0556. The zero-order chi connectivity index (χ0) is 20.4. The third-order valence-corrected chi connectivity index (χ3v) is 4.05. The number of rotatable bonds is 4. The number of hydrogen-bond acceptors (Lipinski definition) is 5. The lowest BCUT2D eigenvalue weighted by Gasteiger charge is -2.15. The van der Waals surface area contributed by atoms with E-state index in [0.717, 1.165) is 12.1 Å². The smallest absolute Gasteiger partial charge is 0.320 e. The summed E-state index contributed by atoms with van der Waals surface area (Å²) >= 11 is 0. The van der Waals surface area contributed by atoms with Crippen LogP contribution in [-0.2, 0) is 6.18 Å². The maximum Gasteiger partial charge on any atom is 0.416 e. The van der Waals surface area contributed by atoms with E-state index in [2.05, 4.69) is 25.9 Å². The SMILES string of the molecule is O=C(Nc1cc(C(F)(F)F)ccc1-n1cccn1)c1cccc(-n2cnnn2)c1. The van der Waals surface area contributed by atoms with Crippen molar-refractivity contribution in [2.75, 3.05) is 5.32 Å². The highest BCUT2D eigenvalue weighted by Crippen LogP contribution is 2.33. The van der Waals surface area contributed by atoms with E-state index in [9.17, 15) is 18.0 Å². The minimum absolute atomic E-state index is 0.0265. The average Bonchev–Trinajstić information content (AvgIpc) is 3.41. The molecule has 0 atom stereocenters. The van der Waals surface area contributed by atoms with Gasteiger partial charge < -0.3 is 5.32 Å². The second-order valence-electron chi connectivity index (χ2n) is 5.94. The number of halogens is 3. The summed E-state index contributed by atoms with van der Waals surface area (Å²) in [5, 5.41) is 17.4. The first-order valence-corrected chi connectivity index (χ1v) is 8.28. The van der Waals surface area contributed by atoms with E-state index in [1.165, 1.54) is 40.1 Å². The number of carbonyl (C=O) groups excluding carboxylic acids is 1. The normalized spacial score (nSPS) is 11.4. The summed E-state index contributed by atoms with van der Waals surface area (Å²) < 4.78 is 42.2. The van der Waals surface area contributed by atoms with Gasteiger partial charge in [0.05, 0.1) is 22.6 Å². The molecular formula is C18H12F3N7O. The number of anilines is 1. The van der Waals surface area contributed by atoms with Crippen molar-refractivity contribution in [1.82, 2.24) is 30.0 Å². The van der Waals surface area contributed by atoms with Gasteiger partial charge in [-0.1, -0.05) is 6.07 Å². The van der Waals surface area contributed by atoms with Crippen molar-refractivity contribution in [1.29, 1.82) is 0 Å². The molecule has 2 heterocycles. The number of nitrogens with one attached hydrogen (secondary N) is 1. The molecular weight excluding hydrogens is 387 g/mol. The van der Waals surface area contributed by atoms with E-state index in [0.29, 0.717) is 11.4 Å². The molecule has 0 unspecified atom stereocenters. The number of carbonyl (C=O) groups is 1. The first-order valence-electron chi connectivity index (χ1n) is 8.28. The largest absolute Gasteiger partial charge is 0.416 e. The van der Waals surface area contributed by atoms with E-state index in [1.54, 1.807) is 24.4 Å². The number of amides is 1. The van der Waals surface area contributed by atoms with Crippen molar-refractivity contribution < 1.29 is 18.0 Å². The molecule has 1 amide bonds. The molecule has 0 saturated heterocycles. The molecule has 0 saturated carbocycles. The van der Waals surface area contributed by atoms with Gasteiger partial charge in [-0.2, -0.15) is 18.3 Å². The summed E-state index contributed by atoms with van der Waals surface area (Å²) in [7, 11) is 0. The van der Waals surface area contributed by atoms with Crippen LogP contribution >= 0.6 is 0 Å². The molecule has 29 heavy (non-hydrogen) atoms. The van der Waals surface area contributed by atoms with Gasteiger partial charge in [0.15, 0.2) is 0 Å². The molecule has 1 N–H and O–H groups in total. The van der Waals surface area contributed by atoms with Crippen LogP contribution in [0, 0.1) is 0 Å². The Morgan fingerprint density at radius 1 is 1.03 bits per heavy atom. The van der Waals surface area contributed by atoms with Gasteiger partial charge in [-0.25, -0.2) is 9.36 Å². The molecule has 0 bridgehead atoms. The van der Waals surface area contributed by atoms with Gasteiger partial charge in [-0.15, -0.1) is 5.10 Å². The quantitative estimate of drug-likeness (QED) is 0.570. The number of tetrazole rings is 1. The van der Waals surface area contributed by atoms with Gasteiger partial charge in [0.1, 0.15) is 6.33 Å². The molecule has 0 aliphatic carbocycles. The Hall–Kier alpha value is -4.02. The third kappa shape index (κ3) is 3.83. The highest BCUT2D eigenvalue weighted by atomic mass is 19.4. The molecule has 4 aromatic rings. The molecule has 0 fully saturated rings. The highest BCUT2D eigenvalue weighted by molar-refractivity contribution is 6.05. The predicted molar refractivity (Wildman–Crippen MR) is 95.7 cm³/mol. The summed E-state index contributed by atoms with van der Waals surface area (Å²) in [5.74, 6) is -0.590.